The van der Waals surface area contributed by atoms with Gasteiger partial charge >= 0.3 is 13.2 Å². The normalized spacial score (nSPS) is 15.4. The van der Waals surface area contributed by atoms with E-state index < -0.39 is 13.2 Å². The molecule has 0 atom stereocenters. The van der Waals surface area contributed by atoms with Crippen molar-refractivity contribution in [2.75, 3.05) is 18.0 Å². The maximum absolute atomic E-state index is 13.0. The predicted octanol–water partition coefficient (Wildman–Crippen LogP) is 6.07. The van der Waals surface area contributed by atoms with Crippen LogP contribution >= 0.6 is 0 Å². The molecule has 6 rings (SSSR count). The summed E-state index contributed by atoms with van der Waals surface area (Å²) in [4.78, 5) is 22.5. The molecule has 5 aromatic rings. The fourth-order valence-corrected chi connectivity index (χ4v) is 5.22. The molecule has 13 heteroatoms. The number of alkyl halides is 4. The molecule has 0 spiro atoms. The Bertz CT molecular complexity index is 1650. The molecule has 5 heterocycles. The van der Waals surface area contributed by atoms with Gasteiger partial charge in [0.1, 0.15) is 29.4 Å². The molecule has 0 aliphatic carbocycles. The zero-order valence-corrected chi connectivity index (χ0v) is 21.7. The quantitative estimate of drug-likeness (QED) is 0.237. The standard InChI is InChI=1S/C27H26F4N8O/c1-15-21(16-4-3-5-18(10-16)40-26(30)31)37-24(35-15)27(2)6-8-38(9-7-27)23-19-11-20(36-22(19)32-14-33-23)17-12-34-39(13-17)25(28)29/h3-5,10-14,25-26H,6-9H2,1-2H3,(H,35,37)(H,32,33,36). The van der Waals surface area contributed by atoms with Gasteiger partial charge in [-0.2, -0.15) is 22.7 Å². The van der Waals surface area contributed by atoms with E-state index in [2.05, 4.69) is 41.6 Å². The molecule has 4 aromatic heterocycles. The highest BCUT2D eigenvalue weighted by Crippen LogP contribution is 2.38. The van der Waals surface area contributed by atoms with E-state index >= 15 is 0 Å². The number of halogens is 4. The average molecular weight is 555 g/mol. The first kappa shape index (κ1) is 25.8. The Labute approximate surface area is 226 Å². The van der Waals surface area contributed by atoms with Gasteiger partial charge in [-0.05, 0) is 38.0 Å². The molecule has 1 fully saturated rings. The Morgan fingerprint density at radius 2 is 1.82 bits per heavy atom. The Hall–Kier alpha value is -4.42. The maximum Gasteiger partial charge on any atom is 0.387 e. The van der Waals surface area contributed by atoms with Crippen molar-refractivity contribution < 1.29 is 22.3 Å². The zero-order chi connectivity index (χ0) is 28.0. The Morgan fingerprint density at radius 1 is 1.02 bits per heavy atom. The van der Waals surface area contributed by atoms with E-state index in [4.69, 9.17) is 4.98 Å². The highest BCUT2D eigenvalue weighted by molar-refractivity contribution is 5.91. The molecule has 0 unspecified atom stereocenters. The van der Waals surface area contributed by atoms with Gasteiger partial charge in [0, 0.05) is 35.8 Å². The fourth-order valence-electron chi connectivity index (χ4n) is 5.22. The minimum Gasteiger partial charge on any atom is -0.435 e. The number of aromatic amines is 2. The first-order chi connectivity index (χ1) is 19.2. The van der Waals surface area contributed by atoms with E-state index in [1.807, 2.05) is 19.1 Å². The molecule has 1 aliphatic heterocycles. The number of anilines is 1. The third-order valence-corrected chi connectivity index (χ3v) is 7.49. The van der Waals surface area contributed by atoms with Crippen LogP contribution in [0.5, 0.6) is 5.75 Å². The lowest BCUT2D eigenvalue weighted by Crippen LogP contribution is -2.42. The van der Waals surface area contributed by atoms with Gasteiger partial charge in [-0.15, -0.1) is 0 Å². The minimum atomic E-state index is -2.89. The van der Waals surface area contributed by atoms with E-state index in [1.165, 1.54) is 24.8 Å². The number of nitrogens with one attached hydrogen (secondary N) is 2. The number of rotatable bonds is 7. The summed E-state index contributed by atoms with van der Waals surface area (Å²) < 4.78 is 56.5. The first-order valence-electron chi connectivity index (χ1n) is 12.7. The van der Waals surface area contributed by atoms with Crippen LogP contribution in [0.2, 0.25) is 0 Å². The number of aromatic nitrogens is 7. The van der Waals surface area contributed by atoms with Crippen molar-refractivity contribution in [3.8, 4) is 28.3 Å². The largest absolute Gasteiger partial charge is 0.435 e. The number of imidazole rings is 1. The van der Waals surface area contributed by atoms with Crippen LogP contribution < -0.4 is 9.64 Å². The fraction of sp³-hybridized carbons (Fsp3) is 0.333. The number of fused-ring (bicyclic) bond motifs is 1. The predicted molar refractivity (Wildman–Crippen MR) is 141 cm³/mol. The average Bonchev–Trinajstić information content (AvgIpc) is 3.67. The van der Waals surface area contributed by atoms with Gasteiger partial charge in [-0.3, -0.25) is 0 Å². The summed E-state index contributed by atoms with van der Waals surface area (Å²) in [7, 11) is 0. The molecule has 40 heavy (non-hydrogen) atoms. The highest BCUT2D eigenvalue weighted by Gasteiger charge is 2.36. The molecular weight excluding hydrogens is 528 g/mol. The van der Waals surface area contributed by atoms with Gasteiger partial charge in [-0.25, -0.2) is 19.6 Å². The van der Waals surface area contributed by atoms with Crippen molar-refractivity contribution in [3.05, 3.63) is 60.6 Å². The summed E-state index contributed by atoms with van der Waals surface area (Å²) in [5.41, 5.74) is 3.81. The maximum atomic E-state index is 13.0. The van der Waals surface area contributed by atoms with Gasteiger partial charge in [0.2, 0.25) is 0 Å². The number of hydrogen-bond donors (Lipinski definition) is 2. The highest BCUT2D eigenvalue weighted by atomic mass is 19.3. The van der Waals surface area contributed by atoms with E-state index in [0.29, 0.717) is 34.7 Å². The van der Waals surface area contributed by atoms with Crippen LogP contribution in [-0.2, 0) is 5.41 Å². The Morgan fingerprint density at radius 3 is 2.55 bits per heavy atom. The van der Waals surface area contributed by atoms with Gasteiger partial charge in [0.15, 0.2) is 0 Å². The summed E-state index contributed by atoms with van der Waals surface area (Å²) in [5.74, 6) is 1.70. The first-order valence-corrected chi connectivity index (χ1v) is 12.7. The van der Waals surface area contributed by atoms with Gasteiger partial charge in [-0.1, -0.05) is 19.1 Å². The summed E-state index contributed by atoms with van der Waals surface area (Å²) >= 11 is 0. The van der Waals surface area contributed by atoms with Crippen molar-refractivity contribution in [2.45, 2.75) is 45.3 Å². The number of aryl methyl sites for hydroxylation is 1. The smallest absolute Gasteiger partial charge is 0.387 e. The van der Waals surface area contributed by atoms with Crippen LogP contribution in [0.3, 0.4) is 0 Å². The second-order valence-corrected chi connectivity index (χ2v) is 10.1. The van der Waals surface area contributed by atoms with Gasteiger partial charge < -0.3 is 19.6 Å². The summed E-state index contributed by atoms with van der Waals surface area (Å²) in [6.07, 6.45) is 5.74. The second kappa shape index (κ2) is 9.96. The van der Waals surface area contributed by atoms with Gasteiger partial charge in [0.25, 0.3) is 0 Å². The Kier molecular flexibility index (Phi) is 6.43. The molecule has 9 nitrogen and oxygen atoms in total. The molecule has 1 aromatic carbocycles. The molecule has 1 saturated heterocycles. The molecule has 0 saturated carbocycles. The number of hydrogen-bond acceptors (Lipinski definition) is 6. The molecule has 208 valence electrons. The lowest BCUT2D eigenvalue weighted by Gasteiger charge is -2.38. The molecule has 2 N–H and O–H groups in total. The molecule has 0 radical (unpaired) electrons. The van der Waals surface area contributed by atoms with E-state index in [-0.39, 0.29) is 11.2 Å². The van der Waals surface area contributed by atoms with Crippen molar-refractivity contribution in [1.82, 2.24) is 34.7 Å². The van der Waals surface area contributed by atoms with E-state index in [1.54, 1.807) is 12.1 Å². The molecular formula is C27H26F4N8O. The molecule has 1 aliphatic rings. The van der Waals surface area contributed by atoms with Gasteiger partial charge in [0.05, 0.1) is 28.7 Å². The summed E-state index contributed by atoms with van der Waals surface area (Å²) in [6.45, 7) is -0.141. The van der Waals surface area contributed by atoms with E-state index in [9.17, 15) is 17.6 Å². The van der Waals surface area contributed by atoms with Crippen LogP contribution in [0, 0.1) is 6.92 Å². The number of benzene rings is 1. The van der Waals surface area contributed by atoms with Crippen LogP contribution in [0.25, 0.3) is 33.5 Å². The lowest BCUT2D eigenvalue weighted by molar-refractivity contribution is -0.0498. The monoisotopic (exact) mass is 554 g/mol. The molecule has 0 bridgehead atoms. The van der Waals surface area contributed by atoms with Crippen LogP contribution in [0.1, 0.15) is 37.8 Å². The Balaban J connectivity index is 1.22. The van der Waals surface area contributed by atoms with Crippen molar-refractivity contribution in [1.29, 1.82) is 0 Å². The zero-order valence-electron chi connectivity index (χ0n) is 21.7. The van der Waals surface area contributed by atoms with E-state index in [0.717, 1.165) is 46.8 Å². The number of ether oxygens (including phenoxy) is 1. The van der Waals surface area contributed by atoms with Crippen molar-refractivity contribution >= 4 is 16.9 Å². The summed E-state index contributed by atoms with van der Waals surface area (Å²) in [5, 5.41) is 4.52. The number of nitrogens with zero attached hydrogens (tertiary/aromatic N) is 6. The minimum absolute atomic E-state index is 0.0921. The SMILES string of the molecule is Cc1nc(C2(C)CCN(c3ncnc4[nH]c(-c5cnn(C(F)F)c5)cc34)CC2)[nH]c1-c1cccc(OC(F)F)c1. The summed E-state index contributed by atoms with van der Waals surface area (Å²) in [6, 6.07) is 8.43. The van der Waals surface area contributed by atoms with Crippen LogP contribution in [-0.4, -0.2) is 54.4 Å². The van der Waals surface area contributed by atoms with Crippen molar-refractivity contribution in [3.63, 3.8) is 0 Å². The number of piperidine rings is 1. The second-order valence-electron chi connectivity index (χ2n) is 10.1. The topological polar surface area (TPSA) is 101 Å². The third kappa shape index (κ3) is 4.75. The van der Waals surface area contributed by atoms with Crippen LogP contribution in [0.4, 0.5) is 23.4 Å². The van der Waals surface area contributed by atoms with Crippen LogP contribution in [0.15, 0.2) is 49.1 Å². The third-order valence-electron chi connectivity index (χ3n) is 7.49. The number of H-pyrrole nitrogens is 2. The van der Waals surface area contributed by atoms with Crippen molar-refractivity contribution in [2.24, 2.45) is 0 Å². The lowest BCUT2D eigenvalue weighted by atomic mass is 9.79. The molecule has 0 amide bonds.